The van der Waals surface area contributed by atoms with Crippen molar-refractivity contribution in [1.82, 2.24) is 10.2 Å². The van der Waals surface area contributed by atoms with Crippen LogP contribution < -0.4 is 5.32 Å². The number of halogens is 1. The van der Waals surface area contributed by atoms with Gasteiger partial charge in [-0.3, -0.25) is 4.90 Å². The number of rotatable bonds is 6. The molecule has 1 aromatic carbocycles. The quantitative estimate of drug-likeness (QED) is 0.797. The second-order valence-electron chi connectivity index (χ2n) is 4.16. The van der Waals surface area contributed by atoms with Crippen molar-refractivity contribution in [2.45, 2.75) is 25.9 Å². The minimum absolute atomic E-state index is 0.160. The molecule has 0 bridgehead atoms. The third-order valence-electron chi connectivity index (χ3n) is 2.86. The van der Waals surface area contributed by atoms with E-state index in [1.807, 2.05) is 13.1 Å². The molecule has 2 nitrogen and oxygen atoms in total. The van der Waals surface area contributed by atoms with Crippen LogP contribution in [0.5, 0.6) is 0 Å². The number of nitrogens with zero attached hydrogens (tertiary/aromatic N) is 1. The maximum Gasteiger partial charge on any atom is 0.123 e. The van der Waals surface area contributed by atoms with Crippen LogP contribution in [0.3, 0.4) is 0 Å². The van der Waals surface area contributed by atoms with Crippen LogP contribution in [0.1, 0.15) is 18.9 Å². The lowest BCUT2D eigenvalue weighted by atomic mass is 10.1. The molecular weight excluding hydrogens is 203 g/mol. The van der Waals surface area contributed by atoms with Crippen LogP contribution in [0.15, 0.2) is 24.3 Å². The molecule has 0 spiro atoms. The molecule has 0 aliphatic heterocycles. The Balaban J connectivity index is 2.58. The summed E-state index contributed by atoms with van der Waals surface area (Å²) in [5, 5.41) is 3.18. The first-order chi connectivity index (χ1) is 7.67. The topological polar surface area (TPSA) is 15.3 Å². The molecule has 1 aromatic rings. The third-order valence-corrected chi connectivity index (χ3v) is 2.86. The fourth-order valence-corrected chi connectivity index (χ4v) is 1.90. The predicted octanol–water partition coefficient (Wildman–Crippen LogP) is 2.26. The Morgan fingerprint density at radius 3 is 2.75 bits per heavy atom. The number of hydrogen-bond donors (Lipinski definition) is 1. The highest BCUT2D eigenvalue weighted by molar-refractivity contribution is 5.16. The van der Waals surface area contributed by atoms with E-state index in [0.29, 0.717) is 6.04 Å². The molecule has 0 aliphatic carbocycles. The zero-order valence-corrected chi connectivity index (χ0v) is 10.3. The smallest absolute Gasteiger partial charge is 0.123 e. The van der Waals surface area contributed by atoms with Crippen molar-refractivity contribution in [3.63, 3.8) is 0 Å². The maximum atomic E-state index is 13.0. The standard InChI is InChI=1S/C13H21FN2/c1-4-13(9-15-2)16(3)10-11-6-5-7-12(14)8-11/h5-8,13,15H,4,9-10H2,1-3H3. The van der Waals surface area contributed by atoms with Gasteiger partial charge in [-0.25, -0.2) is 4.39 Å². The van der Waals surface area contributed by atoms with Crippen LogP contribution in [0.25, 0.3) is 0 Å². The molecule has 0 fully saturated rings. The fraction of sp³-hybridized carbons (Fsp3) is 0.538. The van der Waals surface area contributed by atoms with E-state index in [1.54, 1.807) is 12.1 Å². The molecule has 1 N–H and O–H groups in total. The molecule has 0 heterocycles. The lowest BCUT2D eigenvalue weighted by Gasteiger charge is -2.27. The molecule has 1 atom stereocenters. The summed E-state index contributed by atoms with van der Waals surface area (Å²) in [5.74, 6) is -0.160. The van der Waals surface area contributed by atoms with Gasteiger partial charge < -0.3 is 5.32 Å². The molecule has 0 amide bonds. The minimum atomic E-state index is -0.160. The molecular formula is C13H21FN2. The van der Waals surface area contributed by atoms with E-state index in [-0.39, 0.29) is 5.82 Å². The molecule has 1 unspecified atom stereocenters. The van der Waals surface area contributed by atoms with Crippen molar-refractivity contribution in [2.24, 2.45) is 0 Å². The highest BCUT2D eigenvalue weighted by Crippen LogP contribution is 2.09. The summed E-state index contributed by atoms with van der Waals surface area (Å²) in [5.41, 5.74) is 1.03. The Bertz CT molecular complexity index is 315. The molecule has 0 radical (unpaired) electrons. The average molecular weight is 224 g/mol. The Morgan fingerprint density at radius 1 is 1.44 bits per heavy atom. The van der Waals surface area contributed by atoms with Gasteiger partial charge in [-0.05, 0) is 38.2 Å². The van der Waals surface area contributed by atoms with Crippen molar-refractivity contribution in [3.05, 3.63) is 35.6 Å². The van der Waals surface area contributed by atoms with Gasteiger partial charge in [0.05, 0.1) is 0 Å². The number of likely N-dealkylation sites (N-methyl/N-ethyl adjacent to an activating group) is 2. The van der Waals surface area contributed by atoms with E-state index in [0.717, 1.165) is 25.1 Å². The average Bonchev–Trinajstić information content (AvgIpc) is 2.25. The monoisotopic (exact) mass is 224 g/mol. The first-order valence-corrected chi connectivity index (χ1v) is 5.76. The summed E-state index contributed by atoms with van der Waals surface area (Å²) in [7, 11) is 4.04. The van der Waals surface area contributed by atoms with Crippen molar-refractivity contribution in [3.8, 4) is 0 Å². The van der Waals surface area contributed by atoms with Gasteiger partial charge in [0.25, 0.3) is 0 Å². The molecule has 1 rings (SSSR count). The van der Waals surface area contributed by atoms with E-state index >= 15 is 0 Å². The summed E-state index contributed by atoms with van der Waals surface area (Å²) in [6, 6.07) is 7.30. The van der Waals surface area contributed by atoms with Gasteiger partial charge in [-0.2, -0.15) is 0 Å². The first-order valence-electron chi connectivity index (χ1n) is 5.76. The zero-order chi connectivity index (χ0) is 12.0. The fourth-order valence-electron chi connectivity index (χ4n) is 1.90. The van der Waals surface area contributed by atoms with E-state index < -0.39 is 0 Å². The molecule has 0 saturated heterocycles. The Labute approximate surface area is 97.5 Å². The Kier molecular flexibility index (Phi) is 5.43. The first kappa shape index (κ1) is 13.1. The van der Waals surface area contributed by atoms with Gasteiger partial charge in [0.2, 0.25) is 0 Å². The number of nitrogens with one attached hydrogen (secondary N) is 1. The maximum absolute atomic E-state index is 13.0. The molecule has 90 valence electrons. The highest BCUT2D eigenvalue weighted by atomic mass is 19.1. The summed E-state index contributed by atoms with van der Waals surface area (Å²) < 4.78 is 13.0. The van der Waals surface area contributed by atoms with Gasteiger partial charge in [-0.1, -0.05) is 19.1 Å². The SMILES string of the molecule is CCC(CNC)N(C)Cc1cccc(F)c1. The van der Waals surface area contributed by atoms with Gasteiger partial charge >= 0.3 is 0 Å². The lowest BCUT2D eigenvalue weighted by molar-refractivity contribution is 0.224. The van der Waals surface area contributed by atoms with Crippen LogP contribution in [-0.2, 0) is 6.54 Å². The van der Waals surface area contributed by atoms with Gasteiger partial charge in [-0.15, -0.1) is 0 Å². The van der Waals surface area contributed by atoms with Crippen molar-refractivity contribution in [1.29, 1.82) is 0 Å². The summed E-state index contributed by atoms with van der Waals surface area (Å²) in [4.78, 5) is 2.26. The van der Waals surface area contributed by atoms with Gasteiger partial charge in [0.15, 0.2) is 0 Å². The third kappa shape index (κ3) is 3.91. The van der Waals surface area contributed by atoms with Crippen molar-refractivity contribution < 1.29 is 4.39 Å². The normalized spacial score (nSPS) is 13.1. The van der Waals surface area contributed by atoms with Crippen LogP contribution in [-0.4, -0.2) is 31.6 Å². The van der Waals surface area contributed by atoms with Crippen LogP contribution in [0, 0.1) is 5.82 Å². The van der Waals surface area contributed by atoms with E-state index in [4.69, 9.17) is 0 Å². The molecule has 0 saturated carbocycles. The second-order valence-corrected chi connectivity index (χ2v) is 4.16. The lowest BCUT2D eigenvalue weighted by Crippen LogP contribution is -2.38. The van der Waals surface area contributed by atoms with E-state index in [1.165, 1.54) is 6.07 Å². The van der Waals surface area contributed by atoms with Crippen LogP contribution >= 0.6 is 0 Å². The molecule has 0 aliphatic rings. The van der Waals surface area contributed by atoms with E-state index in [9.17, 15) is 4.39 Å². The summed E-state index contributed by atoms with van der Waals surface area (Å²) in [6.45, 7) is 3.92. The van der Waals surface area contributed by atoms with E-state index in [2.05, 4.69) is 24.2 Å². The Morgan fingerprint density at radius 2 is 2.19 bits per heavy atom. The highest BCUT2D eigenvalue weighted by Gasteiger charge is 2.11. The number of benzene rings is 1. The van der Waals surface area contributed by atoms with Crippen LogP contribution in [0.4, 0.5) is 4.39 Å². The Hall–Kier alpha value is -0.930. The summed E-state index contributed by atoms with van der Waals surface area (Å²) >= 11 is 0. The largest absolute Gasteiger partial charge is 0.318 e. The second kappa shape index (κ2) is 6.61. The summed E-state index contributed by atoms with van der Waals surface area (Å²) in [6.07, 6.45) is 1.09. The number of hydrogen-bond acceptors (Lipinski definition) is 2. The molecule has 0 aromatic heterocycles. The minimum Gasteiger partial charge on any atom is -0.318 e. The van der Waals surface area contributed by atoms with Crippen molar-refractivity contribution >= 4 is 0 Å². The predicted molar refractivity (Wildman–Crippen MR) is 65.9 cm³/mol. The van der Waals surface area contributed by atoms with Gasteiger partial charge in [0.1, 0.15) is 5.82 Å². The van der Waals surface area contributed by atoms with Gasteiger partial charge in [0, 0.05) is 19.1 Å². The van der Waals surface area contributed by atoms with Crippen molar-refractivity contribution in [2.75, 3.05) is 20.6 Å². The zero-order valence-electron chi connectivity index (χ0n) is 10.3. The molecule has 16 heavy (non-hydrogen) atoms. The van der Waals surface area contributed by atoms with Crippen LogP contribution in [0.2, 0.25) is 0 Å². The molecule has 3 heteroatoms.